The van der Waals surface area contributed by atoms with Crippen LogP contribution in [0, 0.1) is 5.92 Å². The largest absolute Gasteiger partial charge is 0.380 e. The van der Waals surface area contributed by atoms with Crippen LogP contribution in [0.2, 0.25) is 0 Å². The Morgan fingerprint density at radius 2 is 2.10 bits per heavy atom. The third-order valence-corrected chi connectivity index (χ3v) is 4.80. The first kappa shape index (κ1) is 13.4. The van der Waals surface area contributed by atoms with Crippen LogP contribution < -0.4 is 5.32 Å². The number of hydrogen-bond donors (Lipinski definition) is 2. The minimum absolute atomic E-state index is 0.464. The van der Waals surface area contributed by atoms with Gasteiger partial charge in [0.2, 0.25) is 0 Å². The van der Waals surface area contributed by atoms with Gasteiger partial charge in [0.1, 0.15) is 0 Å². The summed E-state index contributed by atoms with van der Waals surface area (Å²) in [6.45, 7) is 2.75. The molecule has 0 saturated heterocycles. The van der Waals surface area contributed by atoms with Crippen molar-refractivity contribution in [2.75, 3.05) is 19.8 Å². The number of para-hydroxylation sites is 1. The first-order valence-electron chi connectivity index (χ1n) is 8.32. The fraction of sp³-hybridized carbons (Fsp3) is 0.556. The molecule has 1 heterocycles. The van der Waals surface area contributed by atoms with Crippen LogP contribution in [0.5, 0.6) is 0 Å². The van der Waals surface area contributed by atoms with E-state index in [2.05, 4.69) is 34.6 Å². The smallest absolute Gasteiger partial charge is 0.0591 e. The Morgan fingerprint density at radius 1 is 1.19 bits per heavy atom. The van der Waals surface area contributed by atoms with E-state index >= 15 is 0 Å². The van der Waals surface area contributed by atoms with E-state index < -0.39 is 0 Å². The molecular weight excluding hydrogens is 260 g/mol. The highest BCUT2D eigenvalue weighted by Gasteiger charge is 2.24. The predicted octanol–water partition coefficient (Wildman–Crippen LogP) is 3.56. The number of hydrogen-bond acceptors (Lipinski definition) is 2. The molecule has 2 aromatic rings. The van der Waals surface area contributed by atoms with Gasteiger partial charge < -0.3 is 15.0 Å². The molecule has 2 N–H and O–H groups in total. The summed E-state index contributed by atoms with van der Waals surface area (Å²) in [5.74, 6) is 0.861. The molecule has 3 nitrogen and oxygen atoms in total. The average molecular weight is 284 g/mol. The normalized spacial score (nSPS) is 21.6. The summed E-state index contributed by atoms with van der Waals surface area (Å²) < 4.78 is 5.72. The van der Waals surface area contributed by atoms with Crippen molar-refractivity contribution in [1.82, 2.24) is 10.3 Å². The van der Waals surface area contributed by atoms with Crippen molar-refractivity contribution in [2.45, 2.75) is 38.1 Å². The quantitative estimate of drug-likeness (QED) is 0.796. The lowest BCUT2D eigenvalue weighted by molar-refractivity contribution is 0.123. The minimum atomic E-state index is 0.464. The second kappa shape index (κ2) is 5.82. The fourth-order valence-electron chi connectivity index (χ4n) is 3.46. The molecule has 1 atom stereocenters. The second-order valence-electron chi connectivity index (χ2n) is 6.48. The molecule has 1 saturated carbocycles. The van der Waals surface area contributed by atoms with Crippen LogP contribution in [0.15, 0.2) is 24.3 Å². The van der Waals surface area contributed by atoms with Gasteiger partial charge in [-0.25, -0.2) is 0 Å². The number of aryl methyl sites for hydroxylation is 1. The van der Waals surface area contributed by atoms with E-state index in [4.69, 9.17) is 4.74 Å². The van der Waals surface area contributed by atoms with Crippen molar-refractivity contribution < 1.29 is 4.74 Å². The number of aromatic nitrogens is 1. The molecule has 4 rings (SSSR count). The number of H-pyrrole nitrogens is 1. The summed E-state index contributed by atoms with van der Waals surface area (Å²) in [4.78, 5) is 3.63. The number of nitrogens with one attached hydrogen (secondary N) is 2. The summed E-state index contributed by atoms with van der Waals surface area (Å²) in [5, 5.41) is 5.08. The Labute approximate surface area is 126 Å². The van der Waals surface area contributed by atoms with Crippen molar-refractivity contribution in [2.24, 2.45) is 5.92 Å². The topological polar surface area (TPSA) is 37.0 Å². The average Bonchev–Trinajstić information content (AvgIpc) is 3.26. The van der Waals surface area contributed by atoms with Crippen LogP contribution in [0.4, 0.5) is 0 Å². The second-order valence-corrected chi connectivity index (χ2v) is 6.48. The summed E-state index contributed by atoms with van der Waals surface area (Å²) in [6.07, 6.45) is 6.44. The molecule has 1 aromatic carbocycles. The predicted molar refractivity (Wildman–Crippen MR) is 85.5 cm³/mol. The minimum Gasteiger partial charge on any atom is -0.380 e. The molecule has 0 bridgehead atoms. The van der Waals surface area contributed by atoms with Gasteiger partial charge in [-0.3, -0.25) is 0 Å². The van der Waals surface area contributed by atoms with Crippen LogP contribution in [-0.2, 0) is 11.2 Å². The summed E-state index contributed by atoms with van der Waals surface area (Å²) in [5.41, 5.74) is 4.21. The van der Waals surface area contributed by atoms with E-state index in [1.54, 1.807) is 0 Å². The molecule has 0 amide bonds. The molecule has 0 spiro atoms. The Morgan fingerprint density at radius 3 is 3.00 bits per heavy atom. The maximum absolute atomic E-state index is 5.72. The third-order valence-electron chi connectivity index (χ3n) is 4.80. The third kappa shape index (κ3) is 2.85. The number of fused-ring (bicyclic) bond motifs is 3. The van der Waals surface area contributed by atoms with Gasteiger partial charge in [0.05, 0.1) is 6.61 Å². The molecular formula is C18H24N2O. The van der Waals surface area contributed by atoms with Crippen LogP contribution in [0.1, 0.15) is 43.0 Å². The summed E-state index contributed by atoms with van der Waals surface area (Å²) >= 11 is 0. The number of aromatic amines is 1. The lowest BCUT2D eigenvalue weighted by Gasteiger charge is -2.24. The van der Waals surface area contributed by atoms with E-state index in [-0.39, 0.29) is 0 Å². The van der Waals surface area contributed by atoms with Crippen LogP contribution >= 0.6 is 0 Å². The standard InChI is InChI=1S/C18H24N2O/c1-2-6-16-14(4-1)15-5-3-7-17(18(15)20-16)19-10-11-21-12-13-8-9-13/h1-2,4,6,13,17,19-20H,3,5,7-12H2. The monoisotopic (exact) mass is 284 g/mol. The molecule has 112 valence electrons. The number of benzene rings is 1. The van der Waals surface area contributed by atoms with E-state index in [0.29, 0.717) is 6.04 Å². The zero-order valence-corrected chi connectivity index (χ0v) is 12.5. The van der Waals surface area contributed by atoms with Crippen LogP contribution in [0.25, 0.3) is 10.9 Å². The molecule has 1 fully saturated rings. The molecule has 0 radical (unpaired) electrons. The zero-order chi connectivity index (χ0) is 14.1. The van der Waals surface area contributed by atoms with E-state index in [1.807, 2.05) is 0 Å². The van der Waals surface area contributed by atoms with E-state index in [1.165, 1.54) is 54.3 Å². The summed E-state index contributed by atoms with van der Waals surface area (Å²) in [7, 11) is 0. The van der Waals surface area contributed by atoms with Crippen molar-refractivity contribution >= 4 is 10.9 Å². The van der Waals surface area contributed by atoms with Crippen molar-refractivity contribution in [3.8, 4) is 0 Å². The highest BCUT2D eigenvalue weighted by atomic mass is 16.5. The van der Waals surface area contributed by atoms with E-state index in [9.17, 15) is 0 Å². The van der Waals surface area contributed by atoms with Gasteiger partial charge in [-0.15, -0.1) is 0 Å². The number of ether oxygens (including phenoxy) is 1. The Balaban J connectivity index is 1.40. The van der Waals surface area contributed by atoms with Crippen molar-refractivity contribution in [3.63, 3.8) is 0 Å². The maximum atomic E-state index is 5.72. The molecule has 2 aliphatic carbocycles. The highest BCUT2D eigenvalue weighted by molar-refractivity contribution is 5.85. The Bertz CT molecular complexity index is 615. The van der Waals surface area contributed by atoms with Crippen LogP contribution in [-0.4, -0.2) is 24.7 Å². The van der Waals surface area contributed by atoms with Gasteiger partial charge in [0.25, 0.3) is 0 Å². The first-order chi connectivity index (χ1) is 10.4. The maximum Gasteiger partial charge on any atom is 0.0591 e. The fourth-order valence-corrected chi connectivity index (χ4v) is 3.46. The summed E-state index contributed by atoms with van der Waals surface area (Å²) in [6, 6.07) is 9.14. The van der Waals surface area contributed by atoms with Crippen molar-refractivity contribution in [1.29, 1.82) is 0 Å². The van der Waals surface area contributed by atoms with Gasteiger partial charge in [-0.1, -0.05) is 18.2 Å². The SMILES string of the molecule is c1ccc2c3c([nH]c2c1)C(NCCOCC1CC1)CCC3. The van der Waals surface area contributed by atoms with Crippen LogP contribution in [0.3, 0.4) is 0 Å². The number of rotatable bonds is 6. The molecule has 3 heteroatoms. The molecule has 21 heavy (non-hydrogen) atoms. The molecule has 1 unspecified atom stereocenters. The van der Waals surface area contributed by atoms with E-state index in [0.717, 1.165) is 25.7 Å². The lowest BCUT2D eigenvalue weighted by Crippen LogP contribution is -2.28. The molecule has 1 aromatic heterocycles. The zero-order valence-electron chi connectivity index (χ0n) is 12.5. The first-order valence-corrected chi connectivity index (χ1v) is 8.32. The lowest BCUT2D eigenvalue weighted by atomic mass is 9.92. The van der Waals surface area contributed by atoms with Gasteiger partial charge in [0.15, 0.2) is 0 Å². The van der Waals surface area contributed by atoms with Crippen molar-refractivity contribution in [3.05, 3.63) is 35.5 Å². The highest BCUT2D eigenvalue weighted by Crippen LogP contribution is 2.34. The molecule has 0 aliphatic heterocycles. The molecule has 2 aliphatic rings. The van der Waals surface area contributed by atoms with Gasteiger partial charge in [-0.2, -0.15) is 0 Å². The Kier molecular flexibility index (Phi) is 3.70. The van der Waals surface area contributed by atoms with Gasteiger partial charge in [-0.05, 0) is 49.7 Å². The Hall–Kier alpha value is -1.32. The van der Waals surface area contributed by atoms with Gasteiger partial charge in [0, 0.05) is 35.8 Å². The van der Waals surface area contributed by atoms with Gasteiger partial charge >= 0.3 is 0 Å².